The standard InChI is InChI=1S/C16H22FNO3/c17-13-5-7-14(8-6-13)21-11-3-4-15(19)18-12-16(20)9-1-2-10-16/h5-8,20H,1-4,9-12H2,(H,18,19). The van der Waals surface area contributed by atoms with E-state index in [0.29, 0.717) is 31.7 Å². The van der Waals surface area contributed by atoms with Gasteiger partial charge in [-0.25, -0.2) is 4.39 Å². The molecular formula is C16H22FNO3. The Labute approximate surface area is 124 Å². The molecule has 1 aliphatic carbocycles. The molecule has 1 aromatic carbocycles. The summed E-state index contributed by atoms with van der Waals surface area (Å²) in [5.74, 6) is 0.224. The van der Waals surface area contributed by atoms with Gasteiger partial charge >= 0.3 is 0 Å². The van der Waals surface area contributed by atoms with Gasteiger partial charge in [0, 0.05) is 13.0 Å². The number of aliphatic hydroxyl groups is 1. The molecule has 116 valence electrons. The van der Waals surface area contributed by atoms with E-state index in [0.717, 1.165) is 25.7 Å². The average Bonchev–Trinajstić information content (AvgIpc) is 2.91. The van der Waals surface area contributed by atoms with E-state index in [-0.39, 0.29) is 11.7 Å². The highest BCUT2D eigenvalue weighted by Crippen LogP contribution is 2.28. The minimum absolute atomic E-state index is 0.0713. The number of hydrogen-bond donors (Lipinski definition) is 2. The maximum atomic E-state index is 12.7. The van der Waals surface area contributed by atoms with Crippen molar-refractivity contribution in [1.82, 2.24) is 5.32 Å². The smallest absolute Gasteiger partial charge is 0.220 e. The predicted molar refractivity (Wildman–Crippen MR) is 77.6 cm³/mol. The number of nitrogens with one attached hydrogen (secondary N) is 1. The maximum absolute atomic E-state index is 12.7. The van der Waals surface area contributed by atoms with Crippen LogP contribution in [-0.2, 0) is 4.79 Å². The van der Waals surface area contributed by atoms with E-state index in [1.165, 1.54) is 12.1 Å². The zero-order valence-electron chi connectivity index (χ0n) is 12.1. The molecule has 1 amide bonds. The molecule has 1 aliphatic rings. The number of benzene rings is 1. The SMILES string of the molecule is O=C(CCCOc1ccc(F)cc1)NCC1(O)CCCC1. The first kappa shape index (κ1) is 15.8. The van der Waals surface area contributed by atoms with Crippen molar-refractivity contribution in [3.05, 3.63) is 30.1 Å². The van der Waals surface area contributed by atoms with Crippen molar-refractivity contribution in [3.63, 3.8) is 0 Å². The number of hydrogen-bond acceptors (Lipinski definition) is 3. The molecule has 2 rings (SSSR count). The largest absolute Gasteiger partial charge is 0.494 e. The number of carbonyl (C=O) groups excluding carboxylic acids is 1. The molecule has 1 fully saturated rings. The van der Waals surface area contributed by atoms with Gasteiger partial charge in [-0.2, -0.15) is 0 Å². The normalized spacial score (nSPS) is 16.7. The fourth-order valence-electron chi connectivity index (χ4n) is 2.51. The zero-order chi connectivity index (χ0) is 15.1. The summed E-state index contributed by atoms with van der Waals surface area (Å²) in [6.07, 6.45) is 4.52. The molecule has 21 heavy (non-hydrogen) atoms. The Bertz CT molecular complexity index is 455. The van der Waals surface area contributed by atoms with Crippen molar-refractivity contribution >= 4 is 5.91 Å². The van der Waals surface area contributed by atoms with Crippen LogP contribution in [0.3, 0.4) is 0 Å². The second-order valence-electron chi connectivity index (χ2n) is 5.61. The van der Waals surface area contributed by atoms with Crippen molar-refractivity contribution in [3.8, 4) is 5.75 Å². The van der Waals surface area contributed by atoms with Crippen molar-refractivity contribution in [2.45, 2.75) is 44.1 Å². The van der Waals surface area contributed by atoms with Crippen LogP contribution in [0.5, 0.6) is 5.75 Å². The number of carbonyl (C=O) groups is 1. The van der Waals surface area contributed by atoms with Gasteiger partial charge in [0.1, 0.15) is 11.6 Å². The van der Waals surface area contributed by atoms with E-state index in [2.05, 4.69) is 5.32 Å². The first-order valence-electron chi connectivity index (χ1n) is 7.45. The van der Waals surface area contributed by atoms with Gasteiger partial charge in [0.15, 0.2) is 0 Å². The molecule has 1 saturated carbocycles. The van der Waals surface area contributed by atoms with Crippen molar-refractivity contribution in [2.24, 2.45) is 0 Å². The first-order valence-corrected chi connectivity index (χ1v) is 7.45. The van der Waals surface area contributed by atoms with Crippen LogP contribution < -0.4 is 10.1 Å². The molecule has 0 aromatic heterocycles. The second kappa shape index (κ2) is 7.41. The van der Waals surface area contributed by atoms with Crippen LogP contribution in [0.4, 0.5) is 4.39 Å². The highest BCUT2D eigenvalue weighted by Gasteiger charge is 2.31. The van der Waals surface area contributed by atoms with Gasteiger partial charge in [-0.05, 0) is 43.5 Å². The Hall–Kier alpha value is -1.62. The minimum atomic E-state index is -0.708. The Morgan fingerprint density at radius 1 is 1.29 bits per heavy atom. The molecule has 0 radical (unpaired) electrons. The Morgan fingerprint density at radius 2 is 1.95 bits per heavy atom. The number of rotatable bonds is 7. The minimum Gasteiger partial charge on any atom is -0.494 e. The summed E-state index contributed by atoms with van der Waals surface area (Å²) in [7, 11) is 0. The molecule has 0 unspecified atom stereocenters. The summed E-state index contributed by atoms with van der Waals surface area (Å²) in [5, 5.41) is 12.9. The molecule has 5 heteroatoms. The van der Waals surface area contributed by atoms with E-state index < -0.39 is 5.60 Å². The fraction of sp³-hybridized carbons (Fsp3) is 0.562. The number of amides is 1. The highest BCUT2D eigenvalue weighted by atomic mass is 19.1. The highest BCUT2D eigenvalue weighted by molar-refractivity contribution is 5.75. The summed E-state index contributed by atoms with van der Waals surface area (Å²) >= 11 is 0. The average molecular weight is 295 g/mol. The number of halogens is 1. The molecule has 2 N–H and O–H groups in total. The van der Waals surface area contributed by atoms with Gasteiger partial charge in [-0.3, -0.25) is 4.79 Å². The molecule has 0 heterocycles. The monoisotopic (exact) mass is 295 g/mol. The summed E-state index contributed by atoms with van der Waals surface area (Å²) in [6.45, 7) is 0.744. The summed E-state index contributed by atoms with van der Waals surface area (Å²) in [6, 6.07) is 5.80. The van der Waals surface area contributed by atoms with Crippen molar-refractivity contribution in [1.29, 1.82) is 0 Å². The third-order valence-electron chi connectivity index (χ3n) is 3.78. The lowest BCUT2D eigenvalue weighted by Crippen LogP contribution is -2.40. The van der Waals surface area contributed by atoms with Gasteiger partial charge in [0.05, 0.1) is 12.2 Å². The van der Waals surface area contributed by atoms with E-state index in [1.807, 2.05) is 0 Å². The molecule has 0 aliphatic heterocycles. The molecule has 0 atom stereocenters. The molecular weight excluding hydrogens is 273 g/mol. The molecule has 0 saturated heterocycles. The Kier molecular flexibility index (Phi) is 5.56. The third kappa shape index (κ3) is 5.34. The van der Waals surface area contributed by atoms with Crippen LogP contribution in [0.15, 0.2) is 24.3 Å². The van der Waals surface area contributed by atoms with E-state index in [4.69, 9.17) is 4.74 Å². The first-order chi connectivity index (χ1) is 10.1. The molecule has 0 spiro atoms. The molecule has 0 bridgehead atoms. The van der Waals surface area contributed by atoms with E-state index in [1.54, 1.807) is 12.1 Å². The van der Waals surface area contributed by atoms with Gasteiger partial charge in [0.2, 0.25) is 5.91 Å². The van der Waals surface area contributed by atoms with Crippen LogP contribution in [-0.4, -0.2) is 29.8 Å². The van der Waals surface area contributed by atoms with Gasteiger partial charge in [-0.1, -0.05) is 12.8 Å². The van der Waals surface area contributed by atoms with Crippen LogP contribution >= 0.6 is 0 Å². The lowest BCUT2D eigenvalue weighted by Gasteiger charge is -2.22. The summed E-state index contributed by atoms with van der Waals surface area (Å²) in [4.78, 5) is 11.7. The van der Waals surface area contributed by atoms with Crippen LogP contribution in [0.25, 0.3) is 0 Å². The molecule has 4 nitrogen and oxygen atoms in total. The predicted octanol–water partition coefficient (Wildman–Crippen LogP) is 2.41. The van der Waals surface area contributed by atoms with Crippen LogP contribution in [0.1, 0.15) is 38.5 Å². The summed E-state index contributed by atoms with van der Waals surface area (Å²) in [5.41, 5.74) is -0.708. The van der Waals surface area contributed by atoms with E-state index in [9.17, 15) is 14.3 Å². The van der Waals surface area contributed by atoms with Crippen molar-refractivity contribution in [2.75, 3.05) is 13.2 Å². The molecule has 1 aromatic rings. The second-order valence-corrected chi connectivity index (χ2v) is 5.61. The maximum Gasteiger partial charge on any atom is 0.220 e. The zero-order valence-corrected chi connectivity index (χ0v) is 12.1. The van der Waals surface area contributed by atoms with Gasteiger partial charge < -0.3 is 15.2 Å². The van der Waals surface area contributed by atoms with Crippen LogP contribution in [0, 0.1) is 5.82 Å². The third-order valence-corrected chi connectivity index (χ3v) is 3.78. The van der Waals surface area contributed by atoms with E-state index >= 15 is 0 Å². The van der Waals surface area contributed by atoms with Crippen molar-refractivity contribution < 1.29 is 19.0 Å². The van der Waals surface area contributed by atoms with Gasteiger partial charge in [-0.15, -0.1) is 0 Å². The quantitative estimate of drug-likeness (QED) is 0.759. The Morgan fingerprint density at radius 3 is 2.62 bits per heavy atom. The lowest BCUT2D eigenvalue weighted by molar-refractivity contribution is -0.122. The van der Waals surface area contributed by atoms with Gasteiger partial charge in [0.25, 0.3) is 0 Å². The summed E-state index contributed by atoms with van der Waals surface area (Å²) < 4.78 is 18.1. The fourth-order valence-corrected chi connectivity index (χ4v) is 2.51. The van der Waals surface area contributed by atoms with Crippen LogP contribution in [0.2, 0.25) is 0 Å². The lowest BCUT2D eigenvalue weighted by atomic mass is 10.0. The Balaban J connectivity index is 1.57. The topological polar surface area (TPSA) is 58.6 Å². The number of ether oxygens (including phenoxy) is 1.